The molecule has 0 saturated carbocycles. The van der Waals surface area contributed by atoms with Gasteiger partial charge in [-0.1, -0.05) is 0 Å². The lowest BCUT2D eigenvalue weighted by Crippen LogP contribution is -2.03. The van der Waals surface area contributed by atoms with Crippen LogP contribution in [0.25, 0.3) is 11.1 Å². The van der Waals surface area contributed by atoms with Crippen LogP contribution in [0.15, 0.2) is 23.1 Å². The van der Waals surface area contributed by atoms with E-state index in [1.165, 1.54) is 14.2 Å². The fourth-order valence-electron chi connectivity index (χ4n) is 1.75. The molecular formula is C12H14N2O4. The molecule has 0 amide bonds. The number of methoxy groups -OCH3 is 3. The van der Waals surface area contributed by atoms with Crippen LogP contribution >= 0.6 is 0 Å². The Hall–Kier alpha value is -2.37. The number of hydrogen-bond acceptors (Lipinski definition) is 4. The predicted molar refractivity (Wildman–Crippen MR) is 66.5 cm³/mol. The molecule has 0 radical (unpaired) electrons. The number of hydrogen-bond donors (Lipinski definition) is 2. The van der Waals surface area contributed by atoms with E-state index in [1.807, 2.05) is 0 Å². The molecule has 2 rings (SSSR count). The van der Waals surface area contributed by atoms with Gasteiger partial charge >= 0.3 is 0 Å². The monoisotopic (exact) mass is 250 g/mol. The zero-order chi connectivity index (χ0) is 13.1. The van der Waals surface area contributed by atoms with Gasteiger partial charge in [0.2, 0.25) is 0 Å². The van der Waals surface area contributed by atoms with Gasteiger partial charge in [-0.2, -0.15) is 0 Å². The Morgan fingerprint density at radius 2 is 1.50 bits per heavy atom. The third kappa shape index (κ3) is 1.92. The summed E-state index contributed by atoms with van der Waals surface area (Å²) in [4.78, 5) is 11.6. The zero-order valence-corrected chi connectivity index (χ0v) is 10.4. The molecule has 1 aromatic heterocycles. The minimum atomic E-state index is -0.222. The van der Waals surface area contributed by atoms with Crippen molar-refractivity contribution in [3.05, 3.63) is 28.7 Å². The normalized spacial score (nSPS) is 10.2. The van der Waals surface area contributed by atoms with E-state index in [0.29, 0.717) is 28.4 Å². The van der Waals surface area contributed by atoms with Crippen LogP contribution in [0.3, 0.4) is 0 Å². The number of nitrogens with one attached hydrogen (secondary N) is 2. The lowest BCUT2D eigenvalue weighted by Gasteiger charge is -2.12. The van der Waals surface area contributed by atoms with E-state index in [4.69, 9.17) is 14.2 Å². The molecule has 0 aliphatic carbocycles. The summed E-state index contributed by atoms with van der Waals surface area (Å²) in [6, 6.07) is 3.39. The summed E-state index contributed by atoms with van der Waals surface area (Å²) in [6.45, 7) is 0. The fourth-order valence-corrected chi connectivity index (χ4v) is 1.75. The Bertz CT molecular complexity index is 600. The molecule has 6 nitrogen and oxygen atoms in total. The first-order valence-corrected chi connectivity index (χ1v) is 5.27. The molecule has 0 aliphatic heterocycles. The lowest BCUT2D eigenvalue weighted by atomic mass is 10.1. The Labute approximate surface area is 103 Å². The van der Waals surface area contributed by atoms with Gasteiger partial charge in [-0.3, -0.25) is 9.89 Å². The Morgan fingerprint density at radius 1 is 0.889 bits per heavy atom. The summed E-state index contributed by atoms with van der Waals surface area (Å²) in [5.74, 6) is 1.62. The van der Waals surface area contributed by atoms with Crippen LogP contribution in [0.4, 0.5) is 0 Å². The van der Waals surface area contributed by atoms with Crippen LogP contribution in [-0.4, -0.2) is 31.5 Å². The molecule has 96 valence electrons. The van der Waals surface area contributed by atoms with E-state index < -0.39 is 0 Å². The van der Waals surface area contributed by atoms with E-state index in [0.717, 1.165) is 0 Å². The molecule has 2 N–H and O–H groups in total. The second-order valence-corrected chi connectivity index (χ2v) is 3.56. The van der Waals surface area contributed by atoms with Crippen LogP contribution < -0.4 is 19.8 Å². The van der Waals surface area contributed by atoms with Crippen molar-refractivity contribution in [2.45, 2.75) is 0 Å². The van der Waals surface area contributed by atoms with Crippen molar-refractivity contribution in [1.82, 2.24) is 10.2 Å². The molecule has 0 unspecified atom stereocenters. The van der Waals surface area contributed by atoms with Crippen molar-refractivity contribution in [3.63, 3.8) is 0 Å². The lowest BCUT2D eigenvalue weighted by molar-refractivity contribution is 0.349. The van der Waals surface area contributed by atoms with Gasteiger partial charge in [0, 0.05) is 17.8 Å². The van der Waals surface area contributed by atoms with Crippen LogP contribution in [0.5, 0.6) is 17.2 Å². The number of aromatic nitrogens is 2. The topological polar surface area (TPSA) is 76.3 Å². The zero-order valence-electron chi connectivity index (χ0n) is 10.4. The smallest absolute Gasteiger partial charge is 0.271 e. The van der Waals surface area contributed by atoms with Gasteiger partial charge in [-0.05, 0) is 6.07 Å². The summed E-state index contributed by atoms with van der Waals surface area (Å²) >= 11 is 0. The average molecular weight is 250 g/mol. The Morgan fingerprint density at radius 3 is 2.00 bits per heavy atom. The van der Waals surface area contributed by atoms with Crippen molar-refractivity contribution in [1.29, 1.82) is 0 Å². The summed E-state index contributed by atoms with van der Waals surface area (Å²) in [6.07, 6.45) is 1.58. The second-order valence-electron chi connectivity index (χ2n) is 3.56. The highest BCUT2D eigenvalue weighted by Crippen LogP contribution is 2.38. The quantitative estimate of drug-likeness (QED) is 0.859. The molecule has 0 bridgehead atoms. The molecule has 0 spiro atoms. The first-order chi connectivity index (χ1) is 8.71. The maximum Gasteiger partial charge on any atom is 0.271 e. The summed E-state index contributed by atoms with van der Waals surface area (Å²) in [7, 11) is 4.61. The highest BCUT2D eigenvalue weighted by atomic mass is 16.5. The van der Waals surface area contributed by atoms with E-state index in [2.05, 4.69) is 10.2 Å². The van der Waals surface area contributed by atoms with E-state index >= 15 is 0 Å². The number of ether oxygens (including phenoxy) is 3. The number of benzene rings is 1. The van der Waals surface area contributed by atoms with E-state index in [9.17, 15) is 4.79 Å². The van der Waals surface area contributed by atoms with Crippen molar-refractivity contribution >= 4 is 0 Å². The van der Waals surface area contributed by atoms with Gasteiger partial charge in [0.05, 0.1) is 26.9 Å². The van der Waals surface area contributed by atoms with Crippen LogP contribution in [-0.2, 0) is 0 Å². The molecule has 6 heteroatoms. The maximum absolute atomic E-state index is 11.6. The van der Waals surface area contributed by atoms with Gasteiger partial charge in [0.25, 0.3) is 5.56 Å². The van der Waals surface area contributed by atoms with Gasteiger partial charge in [0.1, 0.15) is 5.75 Å². The molecule has 0 aliphatic rings. The maximum atomic E-state index is 11.6. The third-order valence-corrected chi connectivity index (χ3v) is 2.64. The Balaban J connectivity index is 2.66. The minimum absolute atomic E-state index is 0.222. The molecule has 0 fully saturated rings. The highest BCUT2D eigenvalue weighted by Gasteiger charge is 2.15. The van der Waals surface area contributed by atoms with Crippen LogP contribution in [0.1, 0.15) is 0 Å². The first kappa shape index (κ1) is 12.1. The van der Waals surface area contributed by atoms with Gasteiger partial charge in [0.15, 0.2) is 11.5 Å². The van der Waals surface area contributed by atoms with Crippen LogP contribution in [0, 0.1) is 0 Å². The van der Waals surface area contributed by atoms with Crippen molar-refractivity contribution < 1.29 is 14.2 Å². The molecule has 18 heavy (non-hydrogen) atoms. The van der Waals surface area contributed by atoms with Gasteiger partial charge in [-0.15, -0.1) is 0 Å². The molecule has 1 aromatic carbocycles. The molecule has 0 saturated heterocycles. The SMILES string of the molecule is COc1cc(OC)c(-c2c[nH][nH]c2=O)cc1OC. The predicted octanol–water partition coefficient (Wildman–Crippen LogP) is 1.40. The Kier molecular flexibility index (Phi) is 3.27. The van der Waals surface area contributed by atoms with Gasteiger partial charge in [-0.25, -0.2) is 0 Å². The number of aromatic amines is 2. The number of rotatable bonds is 4. The van der Waals surface area contributed by atoms with E-state index in [1.54, 1.807) is 25.4 Å². The summed E-state index contributed by atoms with van der Waals surface area (Å²) in [5, 5.41) is 5.13. The molecular weight excluding hydrogens is 236 g/mol. The van der Waals surface area contributed by atoms with Crippen molar-refractivity contribution in [2.75, 3.05) is 21.3 Å². The largest absolute Gasteiger partial charge is 0.496 e. The summed E-state index contributed by atoms with van der Waals surface area (Å²) in [5.41, 5.74) is 0.894. The first-order valence-electron chi connectivity index (χ1n) is 5.27. The van der Waals surface area contributed by atoms with Gasteiger partial charge < -0.3 is 19.3 Å². The summed E-state index contributed by atoms with van der Waals surface area (Å²) < 4.78 is 15.7. The molecule has 0 atom stereocenters. The highest BCUT2D eigenvalue weighted by molar-refractivity contribution is 5.73. The molecule has 2 aromatic rings. The van der Waals surface area contributed by atoms with Crippen LogP contribution in [0.2, 0.25) is 0 Å². The minimum Gasteiger partial charge on any atom is -0.496 e. The van der Waals surface area contributed by atoms with E-state index in [-0.39, 0.29) is 5.56 Å². The molecule has 1 heterocycles. The standard InChI is InChI=1S/C12H14N2O4/c1-16-9-5-11(18-3)10(17-2)4-7(9)8-6-13-14-12(8)15/h4-6H,1-3H3,(H2,13,14,15). The average Bonchev–Trinajstić information content (AvgIpc) is 2.83. The number of H-pyrrole nitrogens is 2. The van der Waals surface area contributed by atoms with Crippen molar-refractivity contribution in [3.8, 4) is 28.4 Å². The van der Waals surface area contributed by atoms with Crippen molar-refractivity contribution in [2.24, 2.45) is 0 Å². The second kappa shape index (κ2) is 4.87. The fraction of sp³-hybridized carbons (Fsp3) is 0.250. The third-order valence-electron chi connectivity index (χ3n) is 2.64.